The number of hydrogen-bond acceptors (Lipinski definition) is 5. The van der Waals surface area contributed by atoms with Gasteiger partial charge in [-0.25, -0.2) is 0 Å². The van der Waals surface area contributed by atoms with Crippen LogP contribution in [0.1, 0.15) is 23.8 Å². The van der Waals surface area contributed by atoms with Gasteiger partial charge in [-0.2, -0.15) is 0 Å². The van der Waals surface area contributed by atoms with Crippen molar-refractivity contribution in [2.75, 3.05) is 26.8 Å². The smallest absolute Gasteiger partial charge is 0.277 e. The molecule has 5 nitrogen and oxygen atoms in total. The molecule has 0 fully saturated rings. The van der Waals surface area contributed by atoms with Crippen LogP contribution in [0.15, 0.2) is 53.5 Å². The van der Waals surface area contributed by atoms with E-state index in [4.69, 9.17) is 4.74 Å². The Balaban J connectivity index is 1.86. The number of imide groups is 1. The molecule has 1 aromatic carbocycles. The van der Waals surface area contributed by atoms with Crippen LogP contribution in [0, 0.1) is 0 Å². The van der Waals surface area contributed by atoms with Gasteiger partial charge in [0.25, 0.3) is 11.8 Å². The number of thiophene rings is 1. The number of amides is 2. The van der Waals surface area contributed by atoms with E-state index < -0.39 is 0 Å². The summed E-state index contributed by atoms with van der Waals surface area (Å²) in [6, 6.07) is 13.7. The maximum Gasteiger partial charge on any atom is 0.277 e. The molecule has 0 radical (unpaired) electrons. The second kappa shape index (κ2) is 8.97. The van der Waals surface area contributed by atoms with Gasteiger partial charge in [0.1, 0.15) is 5.70 Å². The Labute approximate surface area is 163 Å². The molecule has 0 aliphatic carbocycles. The predicted octanol–water partition coefficient (Wildman–Crippen LogP) is 3.39. The molecule has 27 heavy (non-hydrogen) atoms. The van der Waals surface area contributed by atoms with Crippen molar-refractivity contribution in [3.63, 3.8) is 0 Å². The number of hydrogen-bond donors (Lipinski definition) is 0. The second-order valence-corrected chi connectivity index (χ2v) is 7.30. The summed E-state index contributed by atoms with van der Waals surface area (Å²) in [7, 11) is 1.87. The molecule has 2 heterocycles. The van der Waals surface area contributed by atoms with Crippen LogP contribution in [0.5, 0.6) is 0 Å². The first-order valence-corrected chi connectivity index (χ1v) is 9.98. The summed E-state index contributed by atoms with van der Waals surface area (Å²) in [4.78, 5) is 30.2. The highest BCUT2D eigenvalue weighted by Gasteiger charge is 2.40. The van der Waals surface area contributed by atoms with Crippen molar-refractivity contribution in [1.29, 1.82) is 0 Å². The van der Waals surface area contributed by atoms with Gasteiger partial charge in [0.2, 0.25) is 0 Å². The fraction of sp³-hybridized carbons (Fsp3) is 0.333. The topological polar surface area (TPSA) is 49.9 Å². The van der Waals surface area contributed by atoms with Gasteiger partial charge in [-0.05, 0) is 30.4 Å². The molecule has 0 spiro atoms. The maximum atomic E-state index is 13.1. The van der Waals surface area contributed by atoms with E-state index in [0.717, 1.165) is 10.4 Å². The van der Waals surface area contributed by atoms with Gasteiger partial charge in [-0.15, -0.1) is 11.3 Å². The Kier molecular flexibility index (Phi) is 6.42. The van der Waals surface area contributed by atoms with Crippen LogP contribution >= 0.6 is 11.3 Å². The number of carbonyl (C=O) groups excluding carboxylic acids is 2. The maximum absolute atomic E-state index is 13.1. The molecule has 6 heteroatoms. The lowest BCUT2D eigenvalue weighted by Crippen LogP contribution is -2.35. The monoisotopic (exact) mass is 384 g/mol. The minimum atomic E-state index is -0.224. The van der Waals surface area contributed by atoms with E-state index in [9.17, 15) is 9.59 Å². The molecular weight excluding hydrogens is 360 g/mol. The minimum absolute atomic E-state index is 0.214. The molecule has 0 bridgehead atoms. The first-order valence-electron chi connectivity index (χ1n) is 9.10. The van der Waals surface area contributed by atoms with Crippen LogP contribution in [0.4, 0.5) is 0 Å². The number of ether oxygens (including phenoxy) is 1. The highest BCUT2D eigenvalue weighted by molar-refractivity contribution is 7.11. The number of carbonyl (C=O) groups is 2. The van der Waals surface area contributed by atoms with Gasteiger partial charge in [-0.1, -0.05) is 36.4 Å². The molecule has 1 aliphatic rings. The zero-order valence-electron chi connectivity index (χ0n) is 15.7. The Morgan fingerprint density at radius 1 is 1.07 bits per heavy atom. The van der Waals surface area contributed by atoms with E-state index in [1.54, 1.807) is 0 Å². The van der Waals surface area contributed by atoms with Crippen molar-refractivity contribution >= 4 is 28.7 Å². The Morgan fingerprint density at radius 3 is 2.52 bits per heavy atom. The number of likely N-dealkylation sites (N-methyl/N-ethyl adjacent to an activating group) is 1. The largest absolute Gasteiger partial charge is 0.382 e. The molecule has 1 aliphatic heterocycles. The number of benzene rings is 1. The first-order chi connectivity index (χ1) is 13.1. The van der Waals surface area contributed by atoms with Gasteiger partial charge in [-0.3, -0.25) is 14.5 Å². The number of nitrogens with zero attached hydrogens (tertiary/aromatic N) is 2. The molecule has 0 atom stereocenters. The fourth-order valence-electron chi connectivity index (χ4n) is 3.17. The Bertz CT molecular complexity index is 815. The first kappa shape index (κ1) is 19.3. The predicted molar refractivity (Wildman–Crippen MR) is 107 cm³/mol. The summed E-state index contributed by atoms with van der Waals surface area (Å²) in [5.74, 6) is -0.438. The van der Waals surface area contributed by atoms with Crippen LogP contribution in [-0.2, 0) is 20.9 Å². The summed E-state index contributed by atoms with van der Waals surface area (Å²) in [6.45, 7) is 4.04. The molecule has 0 saturated heterocycles. The van der Waals surface area contributed by atoms with Crippen molar-refractivity contribution in [2.24, 2.45) is 0 Å². The van der Waals surface area contributed by atoms with Crippen LogP contribution in [0.3, 0.4) is 0 Å². The third-order valence-electron chi connectivity index (χ3n) is 4.43. The van der Waals surface area contributed by atoms with Crippen molar-refractivity contribution in [3.05, 3.63) is 64.0 Å². The lowest BCUT2D eigenvalue weighted by molar-refractivity contribution is -0.137. The van der Waals surface area contributed by atoms with Crippen molar-refractivity contribution < 1.29 is 14.3 Å². The normalized spacial score (nSPS) is 14.4. The third-order valence-corrected chi connectivity index (χ3v) is 5.32. The molecular formula is C21H24N2O3S. The zero-order valence-corrected chi connectivity index (χ0v) is 16.5. The molecule has 1 aromatic heterocycles. The highest BCUT2D eigenvalue weighted by Crippen LogP contribution is 2.34. The second-order valence-electron chi connectivity index (χ2n) is 6.35. The molecule has 0 unspecified atom stereocenters. The summed E-state index contributed by atoms with van der Waals surface area (Å²) >= 11 is 1.48. The van der Waals surface area contributed by atoms with Gasteiger partial charge in [0, 0.05) is 38.2 Å². The van der Waals surface area contributed by atoms with Gasteiger partial charge in [0.15, 0.2) is 0 Å². The Morgan fingerprint density at radius 2 is 1.85 bits per heavy atom. The number of rotatable bonds is 9. The molecule has 0 N–H and O–H groups in total. The van der Waals surface area contributed by atoms with Crippen molar-refractivity contribution in [1.82, 2.24) is 9.80 Å². The summed E-state index contributed by atoms with van der Waals surface area (Å²) in [5.41, 5.74) is 2.07. The van der Waals surface area contributed by atoms with E-state index in [0.29, 0.717) is 44.0 Å². The fourth-order valence-corrected chi connectivity index (χ4v) is 3.93. The molecule has 2 aromatic rings. The van der Waals surface area contributed by atoms with Gasteiger partial charge >= 0.3 is 0 Å². The van der Waals surface area contributed by atoms with E-state index >= 15 is 0 Å². The standard InChI is InChI=1S/C21H24N2O3S/c1-3-26-13-8-12-23-20(24)18(17-11-7-14-27-17)19(21(23)25)22(2)15-16-9-5-4-6-10-16/h4-7,9-11,14H,3,8,12-13,15H2,1-2H3. The van der Waals surface area contributed by atoms with Crippen LogP contribution in [0.2, 0.25) is 0 Å². The molecule has 142 valence electrons. The van der Waals surface area contributed by atoms with E-state index in [1.807, 2.05) is 66.7 Å². The molecule has 0 saturated carbocycles. The van der Waals surface area contributed by atoms with Crippen LogP contribution in [0.25, 0.3) is 5.57 Å². The van der Waals surface area contributed by atoms with E-state index in [-0.39, 0.29) is 11.8 Å². The van der Waals surface area contributed by atoms with E-state index in [2.05, 4.69) is 0 Å². The van der Waals surface area contributed by atoms with Crippen molar-refractivity contribution in [2.45, 2.75) is 19.9 Å². The Hall–Kier alpha value is -2.44. The van der Waals surface area contributed by atoms with Crippen LogP contribution in [-0.4, -0.2) is 48.4 Å². The average Bonchev–Trinajstić information content (AvgIpc) is 3.27. The van der Waals surface area contributed by atoms with Gasteiger partial charge in [0.05, 0.1) is 5.57 Å². The quantitative estimate of drug-likeness (QED) is 0.491. The third kappa shape index (κ3) is 4.28. The molecule has 3 rings (SSSR count). The van der Waals surface area contributed by atoms with Crippen LogP contribution < -0.4 is 0 Å². The summed E-state index contributed by atoms with van der Waals surface area (Å²) in [5, 5.41) is 1.92. The molecule has 2 amide bonds. The lowest BCUT2D eigenvalue weighted by atomic mass is 10.1. The SMILES string of the molecule is CCOCCCN1C(=O)C(c2cccs2)=C(N(C)Cc2ccccc2)C1=O. The lowest BCUT2D eigenvalue weighted by Gasteiger charge is -2.21. The summed E-state index contributed by atoms with van der Waals surface area (Å²) < 4.78 is 5.34. The average molecular weight is 385 g/mol. The summed E-state index contributed by atoms with van der Waals surface area (Å²) in [6.07, 6.45) is 0.638. The van der Waals surface area contributed by atoms with Crippen molar-refractivity contribution in [3.8, 4) is 0 Å². The van der Waals surface area contributed by atoms with Gasteiger partial charge < -0.3 is 9.64 Å². The van der Waals surface area contributed by atoms with E-state index in [1.165, 1.54) is 16.2 Å². The zero-order chi connectivity index (χ0) is 19.2. The highest BCUT2D eigenvalue weighted by atomic mass is 32.1. The minimum Gasteiger partial charge on any atom is -0.382 e.